The molecule has 0 atom stereocenters. The first-order valence-electron chi connectivity index (χ1n) is 7.45. The molecule has 4 heteroatoms. The molecule has 1 heterocycles. The number of carbonyl (C=O) groups is 1. The number of aliphatic carboxylic acids is 1. The molecule has 1 aliphatic heterocycles. The van der Waals surface area contributed by atoms with Crippen molar-refractivity contribution in [1.29, 1.82) is 0 Å². The van der Waals surface area contributed by atoms with Crippen LogP contribution in [0.5, 0.6) is 0 Å². The van der Waals surface area contributed by atoms with Crippen LogP contribution in [0.2, 0.25) is 0 Å². The molecular formula is C16H24N2O2. The predicted molar refractivity (Wildman–Crippen MR) is 79.9 cm³/mol. The molecule has 4 nitrogen and oxygen atoms in total. The van der Waals surface area contributed by atoms with E-state index in [2.05, 4.69) is 40.5 Å². The van der Waals surface area contributed by atoms with Gasteiger partial charge in [0.05, 0.1) is 6.42 Å². The van der Waals surface area contributed by atoms with E-state index in [1.165, 1.54) is 5.56 Å². The van der Waals surface area contributed by atoms with Crippen LogP contribution >= 0.6 is 0 Å². The van der Waals surface area contributed by atoms with Crippen LogP contribution in [0.4, 0.5) is 0 Å². The maximum Gasteiger partial charge on any atom is 0.304 e. The molecule has 2 N–H and O–H groups in total. The number of piperidine rings is 1. The van der Waals surface area contributed by atoms with E-state index >= 15 is 0 Å². The molecule has 20 heavy (non-hydrogen) atoms. The van der Waals surface area contributed by atoms with Crippen LogP contribution in [0.25, 0.3) is 0 Å². The Kier molecular flexibility index (Phi) is 6.02. The summed E-state index contributed by atoms with van der Waals surface area (Å²) in [5, 5.41) is 12.0. The van der Waals surface area contributed by atoms with Crippen molar-refractivity contribution in [3.05, 3.63) is 35.9 Å². The summed E-state index contributed by atoms with van der Waals surface area (Å²) < 4.78 is 0. The van der Waals surface area contributed by atoms with Gasteiger partial charge >= 0.3 is 5.97 Å². The molecule has 1 aromatic carbocycles. The number of nitrogens with zero attached hydrogens (tertiary/aromatic N) is 1. The Bertz CT molecular complexity index is 400. The highest BCUT2D eigenvalue weighted by Crippen LogP contribution is 2.11. The fourth-order valence-corrected chi connectivity index (χ4v) is 2.68. The fraction of sp³-hybridized carbons (Fsp3) is 0.562. The third-order valence-electron chi connectivity index (χ3n) is 3.92. The average Bonchev–Trinajstić information content (AvgIpc) is 2.47. The molecule has 2 rings (SSSR count). The van der Waals surface area contributed by atoms with Gasteiger partial charge in [-0.3, -0.25) is 4.79 Å². The standard InChI is InChI=1S/C16H24N2O2/c19-16(20)6-10-17-15-8-12-18(13-9-15)11-7-14-4-2-1-3-5-14/h1-5,15,17H,6-13H2,(H,19,20). The zero-order chi connectivity index (χ0) is 14.2. The molecule has 0 amide bonds. The van der Waals surface area contributed by atoms with E-state index in [-0.39, 0.29) is 6.42 Å². The van der Waals surface area contributed by atoms with Gasteiger partial charge in [0.15, 0.2) is 0 Å². The second kappa shape index (κ2) is 8.02. The molecule has 1 aromatic rings. The number of carboxylic acid groups (broad SMARTS) is 1. The average molecular weight is 276 g/mol. The summed E-state index contributed by atoms with van der Waals surface area (Å²) in [5.41, 5.74) is 1.40. The number of nitrogens with one attached hydrogen (secondary N) is 1. The lowest BCUT2D eigenvalue weighted by atomic mass is 10.0. The Morgan fingerprint density at radius 2 is 1.95 bits per heavy atom. The Morgan fingerprint density at radius 1 is 1.25 bits per heavy atom. The highest BCUT2D eigenvalue weighted by molar-refractivity contribution is 5.66. The molecule has 0 aliphatic carbocycles. The monoisotopic (exact) mass is 276 g/mol. The smallest absolute Gasteiger partial charge is 0.304 e. The highest BCUT2D eigenvalue weighted by atomic mass is 16.4. The van der Waals surface area contributed by atoms with Crippen molar-refractivity contribution in [3.63, 3.8) is 0 Å². The van der Waals surface area contributed by atoms with Crippen molar-refractivity contribution < 1.29 is 9.90 Å². The molecule has 110 valence electrons. The Balaban J connectivity index is 1.61. The van der Waals surface area contributed by atoms with Crippen molar-refractivity contribution in [2.45, 2.75) is 31.7 Å². The summed E-state index contributed by atoms with van der Waals surface area (Å²) in [7, 11) is 0. The Morgan fingerprint density at radius 3 is 2.60 bits per heavy atom. The molecular weight excluding hydrogens is 252 g/mol. The maximum atomic E-state index is 10.5. The van der Waals surface area contributed by atoms with Gasteiger partial charge in [-0.1, -0.05) is 30.3 Å². The molecule has 1 aliphatic rings. The zero-order valence-electron chi connectivity index (χ0n) is 11.9. The first-order valence-corrected chi connectivity index (χ1v) is 7.45. The van der Waals surface area contributed by atoms with Crippen LogP contribution in [0, 0.1) is 0 Å². The second-order valence-electron chi connectivity index (χ2n) is 5.45. The maximum absolute atomic E-state index is 10.5. The van der Waals surface area contributed by atoms with Crippen LogP contribution in [0.15, 0.2) is 30.3 Å². The minimum atomic E-state index is -0.724. The number of hydrogen-bond donors (Lipinski definition) is 2. The summed E-state index contributed by atoms with van der Waals surface area (Å²) in [4.78, 5) is 13.0. The van der Waals surface area contributed by atoms with Gasteiger partial charge in [0.1, 0.15) is 0 Å². The Hall–Kier alpha value is -1.39. The van der Waals surface area contributed by atoms with Gasteiger partial charge in [-0.05, 0) is 37.9 Å². The van der Waals surface area contributed by atoms with Gasteiger partial charge < -0.3 is 15.3 Å². The number of benzene rings is 1. The molecule has 1 saturated heterocycles. The first kappa shape index (κ1) is 15.0. The highest BCUT2D eigenvalue weighted by Gasteiger charge is 2.18. The molecule has 0 saturated carbocycles. The fourth-order valence-electron chi connectivity index (χ4n) is 2.68. The van der Waals surface area contributed by atoms with Gasteiger partial charge in [-0.2, -0.15) is 0 Å². The van der Waals surface area contributed by atoms with E-state index in [4.69, 9.17) is 5.11 Å². The lowest BCUT2D eigenvalue weighted by molar-refractivity contribution is -0.136. The largest absolute Gasteiger partial charge is 0.481 e. The topological polar surface area (TPSA) is 52.6 Å². The number of carboxylic acids is 1. The quantitative estimate of drug-likeness (QED) is 0.797. The van der Waals surface area contributed by atoms with Crippen molar-refractivity contribution in [3.8, 4) is 0 Å². The summed E-state index contributed by atoms with van der Waals surface area (Å²) in [6.45, 7) is 3.92. The summed E-state index contributed by atoms with van der Waals surface area (Å²) in [6.07, 6.45) is 3.56. The van der Waals surface area contributed by atoms with E-state index < -0.39 is 5.97 Å². The Labute approximate surface area is 120 Å². The zero-order valence-corrected chi connectivity index (χ0v) is 11.9. The predicted octanol–water partition coefficient (Wildman–Crippen LogP) is 1.76. The minimum absolute atomic E-state index is 0.216. The SMILES string of the molecule is O=C(O)CCNC1CCN(CCc2ccccc2)CC1. The second-order valence-corrected chi connectivity index (χ2v) is 5.45. The molecule has 1 fully saturated rings. The van der Waals surface area contributed by atoms with Gasteiger partial charge in [-0.15, -0.1) is 0 Å². The molecule has 0 bridgehead atoms. The van der Waals surface area contributed by atoms with E-state index in [1.807, 2.05) is 0 Å². The van der Waals surface area contributed by atoms with E-state index in [0.29, 0.717) is 12.6 Å². The van der Waals surface area contributed by atoms with Gasteiger partial charge in [0, 0.05) is 19.1 Å². The summed E-state index contributed by atoms with van der Waals surface area (Å²) >= 11 is 0. The van der Waals surface area contributed by atoms with E-state index in [1.54, 1.807) is 0 Å². The van der Waals surface area contributed by atoms with E-state index in [9.17, 15) is 4.79 Å². The molecule has 0 unspecified atom stereocenters. The lowest BCUT2D eigenvalue weighted by Crippen LogP contribution is -2.43. The van der Waals surface area contributed by atoms with Crippen molar-refractivity contribution in [1.82, 2.24) is 10.2 Å². The first-order chi connectivity index (χ1) is 9.74. The van der Waals surface area contributed by atoms with Gasteiger partial charge in [0.25, 0.3) is 0 Å². The number of rotatable bonds is 7. The third kappa shape index (κ3) is 5.31. The normalized spacial score (nSPS) is 17.2. The van der Waals surface area contributed by atoms with Crippen molar-refractivity contribution in [2.75, 3.05) is 26.2 Å². The summed E-state index contributed by atoms with van der Waals surface area (Å²) in [6, 6.07) is 11.1. The van der Waals surface area contributed by atoms with Crippen LogP contribution in [-0.2, 0) is 11.2 Å². The van der Waals surface area contributed by atoms with Gasteiger partial charge in [-0.25, -0.2) is 0 Å². The van der Waals surface area contributed by atoms with E-state index in [0.717, 1.165) is 38.9 Å². The van der Waals surface area contributed by atoms with Crippen LogP contribution in [0.3, 0.4) is 0 Å². The summed E-state index contributed by atoms with van der Waals surface area (Å²) in [5.74, 6) is -0.724. The van der Waals surface area contributed by atoms with Crippen LogP contribution in [0.1, 0.15) is 24.8 Å². The molecule has 0 aromatic heterocycles. The minimum Gasteiger partial charge on any atom is -0.481 e. The molecule has 0 spiro atoms. The van der Waals surface area contributed by atoms with Crippen LogP contribution < -0.4 is 5.32 Å². The number of likely N-dealkylation sites (tertiary alicyclic amines) is 1. The van der Waals surface area contributed by atoms with Gasteiger partial charge in [0.2, 0.25) is 0 Å². The van der Waals surface area contributed by atoms with Crippen molar-refractivity contribution >= 4 is 5.97 Å². The molecule has 0 radical (unpaired) electrons. The third-order valence-corrected chi connectivity index (χ3v) is 3.92. The van der Waals surface area contributed by atoms with Crippen LogP contribution in [-0.4, -0.2) is 48.2 Å². The number of hydrogen-bond acceptors (Lipinski definition) is 3. The lowest BCUT2D eigenvalue weighted by Gasteiger charge is -2.32. The van der Waals surface area contributed by atoms with Crippen molar-refractivity contribution in [2.24, 2.45) is 0 Å².